The molecule has 1 aliphatic carbocycles. The molecule has 1 aliphatic heterocycles. The molecule has 1 heterocycles. The van der Waals surface area contributed by atoms with Crippen LogP contribution in [0, 0.1) is 5.92 Å². The fraction of sp³-hybridized carbons (Fsp3) is 1.00. The van der Waals surface area contributed by atoms with Crippen LogP contribution in [0.25, 0.3) is 0 Å². The van der Waals surface area contributed by atoms with Gasteiger partial charge >= 0.3 is 0 Å². The average Bonchev–Trinajstić information content (AvgIpc) is 2.79. The third-order valence-corrected chi connectivity index (χ3v) is 4.96. The summed E-state index contributed by atoms with van der Waals surface area (Å²) in [5.41, 5.74) is 0. The van der Waals surface area contributed by atoms with Gasteiger partial charge in [-0.2, -0.15) is 12.7 Å². The van der Waals surface area contributed by atoms with Crippen LogP contribution >= 0.6 is 12.4 Å². The zero-order chi connectivity index (χ0) is 10.9. The number of likely N-dealkylation sites (N-methyl/N-ethyl adjacent to an activating group) is 1. The van der Waals surface area contributed by atoms with E-state index in [0.29, 0.717) is 19.0 Å². The van der Waals surface area contributed by atoms with Gasteiger partial charge in [-0.3, -0.25) is 0 Å². The minimum Gasteiger partial charge on any atom is -0.318 e. The largest absolute Gasteiger partial charge is 0.318 e. The van der Waals surface area contributed by atoms with Crippen molar-refractivity contribution in [2.45, 2.75) is 25.3 Å². The van der Waals surface area contributed by atoms with E-state index < -0.39 is 10.2 Å². The van der Waals surface area contributed by atoms with Crippen LogP contribution in [0.3, 0.4) is 0 Å². The van der Waals surface area contributed by atoms with Gasteiger partial charge in [0.05, 0.1) is 0 Å². The molecule has 1 saturated carbocycles. The Hall–Kier alpha value is 0.120. The monoisotopic (exact) mass is 269 g/mol. The topological polar surface area (TPSA) is 61.4 Å². The first-order chi connectivity index (χ1) is 7.13. The highest BCUT2D eigenvalue weighted by molar-refractivity contribution is 7.87. The Kier molecular flexibility index (Phi) is 5.00. The summed E-state index contributed by atoms with van der Waals surface area (Å²) in [4.78, 5) is 0. The summed E-state index contributed by atoms with van der Waals surface area (Å²) in [6.45, 7) is 1.85. The van der Waals surface area contributed by atoms with E-state index in [1.807, 2.05) is 7.05 Å². The first kappa shape index (κ1) is 14.2. The van der Waals surface area contributed by atoms with Gasteiger partial charge in [0.1, 0.15) is 0 Å². The van der Waals surface area contributed by atoms with Crippen molar-refractivity contribution in [2.75, 3.05) is 26.7 Å². The third kappa shape index (κ3) is 2.87. The van der Waals surface area contributed by atoms with Crippen molar-refractivity contribution in [1.29, 1.82) is 0 Å². The van der Waals surface area contributed by atoms with Gasteiger partial charge in [-0.15, -0.1) is 12.4 Å². The van der Waals surface area contributed by atoms with Crippen LogP contribution < -0.4 is 10.0 Å². The molecule has 0 aromatic carbocycles. The number of fused-ring (bicyclic) bond motifs is 2. The molecule has 2 aliphatic rings. The average molecular weight is 270 g/mol. The van der Waals surface area contributed by atoms with Crippen molar-refractivity contribution in [1.82, 2.24) is 14.3 Å². The molecule has 2 fully saturated rings. The molecule has 0 aromatic heterocycles. The van der Waals surface area contributed by atoms with E-state index in [-0.39, 0.29) is 18.4 Å². The van der Waals surface area contributed by atoms with Crippen molar-refractivity contribution >= 4 is 22.6 Å². The van der Waals surface area contributed by atoms with Crippen LogP contribution in [0.4, 0.5) is 0 Å². The lowest BCUT2D eigenvalue weighted by molar-refractivity contribution is 0.329. The minimum absolute atomic E-state index is 0. The number of hydrogen-bond donors (Lipinski definition) is 2. The fourth-order valence-electron chi connectivity index (χ4n) is 2.56. The molecule has 2 bridgehead atoms. The Balaban J connectivity index is 0.00000128. The van der Waals surface area contributed by atoms with E-state index in [0.717, 1.165) is 19.4 Å². The second-order valence-corrected chi connectivity index (χ2v) is 6.11. The highest BCUT2D eigenvalue weighted by Crippen LogP contribution is 2.38. The maximum atomic E-state index is 11.9. The van der Waals surface area contributed by atoms with Gasteiger partial charge in [0, 0.05) is 25.7 Å². The Morgan fingerprint density at radius 3 is 2.56 bits per heavy atom. The number of rotatable bonds is 5. The summed E-state index contributed by atoms with van der Waals surface area (Å²) in [6.07, 6.45) is 3.30. The normalized spacial score (nSPS) is 29.3. The third-order valence-electron chi connectivity index (χ3n) is 3.33. The van der Waals surface area contributed by atoms with E-state index >= 15 is 0 Å². The molecule has 0 aromatic rings. The molecule has 7 heteroatoms. The number of nitrogens with zero attached hydrogens (tertiary/aromatic N) is 1. The van der Waals surface area contributed by atoms with Crippen LogP contribution in [-0.2, 0) is 10.2 Å². The van der Waals surface area contributed by atoms with Crippen LogP contribution in [-0.4, -0.2) is 45.4 Å². The number of halogens is 1. The van der Waals surface area contributed by atoms with E-state index in [2.05, 4.69) is 10.0 Å². The predicted molar refractivity (Wildman–Crippen MR) is 65.9 cm³/mol. The van der Waals surface area contributed by atoms with E-state index in [1.54, 1.807) is 4.31 Å². The van der Waals surface area contributed by atoms with Crippen molar-refractivity contribution in [3.05, 3.63) is 0 Å². The molecule has 0 spiro atoms. The molecule has 96 valence electrons. The Morgan fingerprint density at radius 1 is 1.31 bits per heavy atom. The van der Waals surface area contributed by atoms with E-state index in [9.17, 15) is 8.42 Å². The minimum atomic E-state index is -3.22. The summed E-state index contributed by atoms with van der Waals surface area (Å²) >= 11 is 0. The maximum absolute atomic E-state index is 11.9. The molecule has 2 rings (SSSR count). The quantitative estimate of drug-likeness (QED) is 0.688. The van der Waals surface area contributed by atoms with Gasteiger partial charge in [0.2, 0.25) is 0 Å². The Labute approximate surface area is 104 Å². The number of nitrogens with one attached hydrogen (secondary N) is 2. The molecule has 2 unspecified atom stereocenters. The SMILES string of the molecule is CNCCNS(=O)(=O)N1CC2CCC1C2.Cl. The standard InChI is InChI=1S/C9H19N3O2S.ClH/c1-10-4-5-11-15(13,14)12-7-8-2-3-9(12)6-8;/h8-11H,2-7H2,1H3;1H. The summed E-state index contributed by atoms with van der Waals surface area (Å²) < 4.78 is 28.0. The van der Waals surface area contributed by atoms with Crippen LogP contribution in [0.5, 0.6) is 0 Å². The zero-order valence-corrected chi connectivity index (χ0v) is 11.1. The van der Waals surface area contributed by atoms with Crippen molar-refractivity contribution in [2.24, 2.45) is 5.92 Å². The van der Waals surface area contributed by atoms with Gasteiger partial charge in [-0.25, -0.2) is 4.72 Å². The Morgan fingerprint density at radius 2 is 2.06 bits per heavy atom. The molecule has 0 amide bonds. The summed E-state index contributed by atoms with van der Waals surface area (Å²) in [7, 11) is -1.41. The van der Waals surface area contributed by atoms with E-state index in [4.69, 9.17) is 0 Å². The van der Waals surface area contributed by atoms with Crippen LogP contribution in [0.15, 0.2) is 0 Å². The molecule has 0 radical (unpaired) electrons. The zero-order valence-electron chi connectivity index (χ0n) is 9.48. The van der Waals surface area contributed by atoms with Gasteiger partial charge in [-0.1, -0.05) is 0 Å². The number of hydrogen-bond acceptors (Lipinski definition) is 3. The van der Waals surface area contributed by atoms with Crippen LogP contribution in [0.1, 0.15) is 19.3 Å². The Bertz CT molecular complexity index is 323. The van der Waals surface area contributed by atoms with Gasteiger partial charge in [-0.05, 0) is 32.2 Å². The lowest BCUT2D eigenvalue weighted by Crippen LogP contribution is -2.46. The maximum Gasteiger partial charge on any atom is 0.279 e. The van der Waals surface area contributed by atoms with Crippen molar-refractivity contribution in [3.63, 3.8) is 0 Å². The second kappa shape index (κ2) is 5.64. The van der Waals surface area contributed by atoms with Crippen LogP contribution in [0.2, 0.25) is 0 Å². The molecule has 1 saturated heterocycles. The van der Waals surface area contributed by atoms with Crippen molar-refractivity contribution in [3.8, 4) is 0 Å². The second-order valence-electron chi connectivity index (χ2n) is 4.41. The first-order valence-corrected chi connectivity index (χ1v) is 6.98. The highest BCUT2D eigenvalue weighted by atomic mass is 35.5. The van der Waals surface area contributed by atoms with Gasteiger partial charge < -0.3 is 5.32 Å². The molecule has 2 atom stereocenters. The predicted octanol–water partition coefficient (Wildman–Crippen LogP) is -0.0537. The lowest BCUT2D eigenvalue weighted by atomic mass is 10.1. The van der Waals surface area contributed by atoms with Gasteiger partial charge in [0.25, 0.3) is 10.2 Å². The van der Waals surface area contributed by atoms with E-state index in [1.165, 1.54) is 6.42 Å². The molecular weight excluding hydrogens is 250 g/mol. The fourth-order valence-corrected chi connectivity index (χ4v) is 4.08. The van der Waals surface area contributed by atoms with Gasteiger partial charge in [0.15, 0.2) is 0 Å². The smallest absolute Gasteiger partial charge is 0.279 e. The molecule has 2 N–H and O–H groups in total. The summed E-state index contributed by atoms with van der Waals surface area (Å²) in [5, 5.41) is 2.92. The summed E-state index contributed by atoms with van der Waals surface area (Å²) in [6, 6.07) is 0.266. The highest BCUT2D eigenvalue weighted by Gasteiger charge is 2.43. The number of piperidine rings is 1. The lowest BCUT2D eigenvalue weighted by Gasteiger charge is -2.26. The molecule has 16 heavy (non-hydrogen) atoms. The molecule has 5 nitrogen and oxygen atoms in total. The first-order valence-electron chi connectivity index (χ1n) is 5.54. The summed E-state index contributed by atoms with van der Waals surface area (Å²) in [5.74, 6) is 0.607. The van der Waals surface area contributed by atoms with Crippen molar-refractivity contribution < 1.29 is 8.42 Å². The molecular formula is C9H20ClN3O2S.